The summed E-state index contributed by atoms with van der Waals surface area (Å²) in [6, 6.07) is 1.55. The van der Waals surface area contributed by atoms with Gasteiger partial charge in [0.25, 0.3) is 0 Å². The maximum Gasteiger partial charge on any atom is 0.0951 e. The molecule has 1 aliphatic heterocycles. The summed E-state index contributed by atoms with van der Waals surface area (Å²) in [5, 5.41) is 3.21. The zero-order valence-electron chi connectivity index (χ0n) is 9.89. The van der Waals surface area contributed by atoms with Gasteiger partial charge >= 0.3 is 0 Å². The molecule has 16 heavy (non-hydrogen) atoms. The third-order valence-corrected chi connectivity index (χ3v) is 3.76. The number of aromatic nitrogens is 2. The van der Waals surface area contributed by atoms with E-state index in [4.69, 9.17) is 0 Å². The minimum absolute atomic E-state index is 0.645. The fraction of sp³-hybridized carbons (Fsp3) is 0.750. The lowest BCUT2D eigenvalue weighted by Crippen LogP contribution is -2.24. The molecule has 4 heteroatoms. The molecule has 2 heterocycles. The van der Waals surface area contributed by atoms with Crippen molar-refractivity contribution in [2.24, 2.45) is 0 Å². The monoisotopic (exact) mass is 220 g/mol. The topological polar surface area (TPSA) is 33.1 Å². The van der Waals surface area contributed by atoms with E-state index >= 15 is 0 Å². The Morgan fingerprint density at radius 2 is 2.25 bits per heavy atom. The van der Waals surface area contributed by atoms with E-state index < -0.39 is 0 Å². The maximum atomic E-state index is 4.28. The molecule has 1 saturated heterocycles. The Balaban J connectivity index is 1.69. The van der Waals surface area contributed by atoms with Crippen LogP contribution in [-0.4, -0.2) is 40.6 Å². The second-order valence-electron chi connectivity index (χ2n) is 4.99. The third-order valence-electron chi connectivity index (χ3n) is 3.76. The molecule has 1 aromatic rings. The Morgan fingerprint density at radius 1 is 1.38 bits per heavy atom. The average molecular weight is 220 g/mol. The van der Waals surface area contributed by atoms with E-state index in [1.54, 1.807) is 0 Å². The molecule has 2 fully saturated rings. The molecule has 1 atom stereocenters. The first-order valence-corrected chi connectivity index (χ1v) is 6.28. The lowest BCUT2D eigenvalue weighted by atomic mass is 10.2. The van der Waals surface area contributed by atoms with E-state index in [9.17, 15) is 0 Å². The number of nitrogens with one attached hydrogen (secondary N) is 1. The Hall–Kier alpha value is -0.870. The van der Waals surface area contributed by atoms with Crippen LogP contribution in [0.25, 0.3) is 0 Å². The van der Waals surface area contributed by atoms with E-state index in [2.05, 4.69) is 19.8 Å². The number of likely N-dealkylation sites (tertiary alicyclic amines) is 1. The molecule has 1 aliphatic carbocycles. The number of imidazole rings is 1. The van der Waals surface area contributed by atoms with Crippen molar-refractivity contribution in [3.05, 3.63) is 18.2 Å². The van der Waals surface area contributed by atoms with Gasteiger partial charge in [0.1, 0.15) is 0 Å². The third kappa shape index (κ3) is 1.87. The molecule has 0 aromatic carbocycles. The second-order valence-corrected chi connectivity index (χ2v) is 4.99. The minimum atomic E-state index is 0.645. The van der Waals surface area contributed by atoms with Crippen LogP contribution in [-0.2, 0) is 6.54 Å². The molecule has 0 radical (unpaired) electrons. The summed E-state index contributed by atoms with van der Waals surface area (Å²) in [7, 11) is 1.99. The van der Waals surface area contributed by atoms with Crippen LogP contribution in [0.1, 0.15) is 31.0 Å². The van der Waals surface area contributed by atoms with Crippen LogP contribution in [0.15, 0.2) is 12.5 Å². The zero-order valence-corrected chi connectivity index (χ0v) is 9.89. The molecular weight excluding hydrogens is 200 g/mol. The van der Waals surface area contributed by atoms with Crippen LogP contribution in [0, 0.1) is 0 Å². The first-order chi connectivity index (χ1) is 7.88. The van der Waals surface area contributed by atoms with Gasteiger partial charge in [0.15, 0.2) is 0 Å². The molecule has 88 valence electrons. The summed E-state index contributed by atoms with van der Waals surface area (Å²) in [6.07, 6.45) is 8.09. The van der Waals surface area contributed by atoms with Crippen LogP contribution >= 0.6 is 0 Å². The summed E-state index contributed by atoms with van der Waals surface area (Å²) in [6.45, 7) is 3.41. The van der Waals surface area contributed by atoms with Gasteiger partial charge in [-0.3, -0.25) is 4.90 Å². The maximum absolute atomic E-state index is 4.28. The summed E-state index contributed by atoms with van der Waals surface area (Å²) in [5.74, 6) is 0. The number of nitrogens with zero attached hydrogens (tertiary/aromatic N) is 3. The SMILES string of the molecule is CNCc1cncn1C1CCN(C2CC2)C1. The van der Waals surface area contributed by atoms with E-state index in [1.165, 1.54) is 38.0 Å². The highest BCUT2D eigenvalue weighted by atomic mass is 15.2. The molecule has 0 spiro atoms. The van der Waals surface area contributed by atoms with Gasteiger partial charge in [-0.2, -0.15) is 0 Å². The van der Waals surface area contributed by atoms with Gasteiger partial charge in [0.05, 0.1) is 12.0 Å². The molecule has 1 N–H and O–H groups in total. The summed E-state index contributed by atoms with van der Waals surface area (Å²) in [5.41, 5.74) is 1.31. The standard InChI is InChI=1S/C12H20N4/c1-13-6-12-7-14-9-16(12)11-4-5-15(8-11)10-2-3-10/h7,9-11,13H,2-6,8H2,1H3. The van der Waals surface area contributed by atoms with Crippen molar-refractivity contribution in [1.29, 1.82) is 0 Å². The van der Waals surface area contributed by atoms with Gasteiger partial charge in [0.2, 0.25) is 0 Å². The van der Waals surface area contributed by atoms with Crippen LogP contribution in [0.5, 0.6) is 0 Å². The highest BCUT2D eigenvalue weighted by Gasteiger charge is 2.35. The highest BCUT2D eigenvalue weighted by Crippen LogP contribution is 2.33. The zero-order chi connectivity index (χ0) is 11.0. The van der Waals surface area contributed by atoms with Crippen LogP contribution in [0.2, 0.25) is 0 Å². The fourth-order valence-electron chi connectivity index (χ4n) is 2.75. The first-order valence-electron chi connectivity index (χ1n) is 6.28. The number of hydrogen-bond donors (Lipinski definition) is 1. The molecule has 1 unspecified atom stereocenters. The van der Waals surface area contributed by atoms with Crippen molar-refractivity contribution in [3.8, 4) is 0 Å². The van der Waals surface area contributed by atoms with Gasteiger partial charge < -0.3 is 9.88 Å². The first kappa shape index (κ1) is 10.3. The van der Waals surface area contributed by atoms with E-state index in [1.807, 2.05) is 19.6 Å². The largest absolute Gasteiger partial charge is 0.329 e. The molecule has 0 amide bonds. The predicted octanol–water partition coefficient (Wildman–Crippen LogP) is 1.01. The quantitative estimate of drug-likeness (QED) is 0.822. The van der Waals surface area contributed by atoms with Crippen molar-refractivity contribution in [2.45, 2.75) is 37.9 Å². The summed E-state index contributed by atoms with van der Waals surface area (Å²) < 4.78 is 2.36. The van der Waals surface area contributed by atoms with Crippen molar-refractivity contribution in [3.63, 3.8) is 0 Å². The highest BCUT2D eigenvalue weighted by molar-refractivity contribution is 5.02. The van der Waals surface area contributed by atoms with Crippen molar-refractivity contribution in [2.75, 3.05) is 20.1 Å². The van der Waals surface area contributed by atoms with Crippen molar-refractivity contribution < 1.29 is 0 Å². The lowest BCUT2D eigenvalue weighted by Gasteiger charge is -2.17. The number of hydrogen-bond acceptors (Lipinski definition) is 3. The van der Waals surface area contributed by atoms with Crippen molar-refractivity contribution in [1.82, 2.24) is 19.8 Å². The van der Waals surface area contributed by atoms with Gasteiger partial charge in [-0.25, -0.2) is 4.98 Å². The van der Waals surface area contributed by atoms with Gasteiger partial charge in [-0.1, -0.05) is 0 Å². The molecule has 1 aromatic heterocycles. The predicted molar refractivity (Wildman–Crippen MR) is 63.2 cm³/mol. The summed E-state index contributed by atoms with van der Waals surface area (Å²) >= 11 is 0. The molecule has 2 aliphatic rings. The molecule has 3 rings (SSSR count). The van der Waals surface area contributed by atoms with E-state index in [0.29, 0.717) is 6.04 Å². The van der Waals surface area contributed by atoms with E-state index in [-0.39, 0.29) is 0 Å². The smallest absolute Gasteiger partial charge is 0.0951 e. The van der Waals surface area contributed by atoms with E-state index in [0.717, 1.165) is 12.6 Å². The minimum Gasteiger partial charge on any atom is -0.329 e. The Bertz CT molecular complexity index is 356. The van der Waals surface area contributed by atoms with Crippen LogP contribution in [0.4, 0.5) is 0 Å². The van der Waals surface area contributed by atoms with Crippen LogP contribution in [0.3, 0.4) is 0 Å². The summed E-state index contributed by atoms with van der Waals surface area (Å²) in [4.78, 5) is 6.92. The molecule has 0 bridgehead atoms. The Labute approximate surface area is 96.7 Å². The molecular formula is C12H20N4. The van der Waals surface area contributed by atoms with Crippen LogP contribution < -0.4 is 5.32 Å². The fourth-order valence-corrected chi connectivity index (χ4v) is 2.75. The second kappa shape index (κ2) is 4.18. The Morgan fingerprint density at radius 3 is 3.00 bits per heavy atom. The molecule has 1 saturated carbocycles. The van der Waals surface area contributed by atoms with Crippen molar-refractivity contribution >= 4 is 0 Å². The molecule has 4 nitrogen and oxygen atoms in total. The van der Waals surface area contributed by atoms with Gasteiger partial charge in [-0.15, -0.1) is 0 Å². The van der Waals surface area contributed by atoms with Gasteiger partial charge in [-0.05, 0) is 26.3 Å². The number of rotatable bonds is 4. The lowest BCUT2D eigenvalue weighted by molar-refractivity contribution is 0.312. The Kier molecular flexibility index (Phi) is 2.69. The average Bonchev–Trinajstić information content (AvgIpc) is 2.85. The normalized spacial score (nSPS) is 26.4. The van der Waals surface area contributed by atoms with Gasteiger partial charge in [0, 0.05) is 37.9 Å².